The molecule has 4 aromatic heterocycles. The molecular formula is C32H32N8O3. The van der Waals surface area contributed by atoms with E-state index in [1.165, 1.54) is 12.4 Å². The molecule has 0 aliphatic carbocycles. The van der Waals surface area contributed by atoms with Crippen LogP contribution in [0.3, 0.4) is 0 Å². The van der Waals surface area contributed by atoms with Gasteiger partial charge in [0.1, 0.15) is 17.0 Å². The van der Waals surface area contributed by atoms with E-state index in [4.69, 9.17) is 19.4 Å². The summed E-state index contributed by atoms with van der Waals surface area (Å²) in [4.78, 5) is 10.1. The van der Waals surface area contributed by atoms with Crippen molar-refractivity contribution in [2.75, 3.05) is 14.2 Å². The highest BCUT2D eigenvalue weighted by Gasteiger charge is 2.23. The second kappa shape index (κ2) is 12.5. The molecule has 0 fully saturated rings. The summed E-state index contributed by atoms with van der Waals surface area (Å²) in [6.07, 6.45) is 5.11. The molecule has 0 amide bonds. The van der Waals surface area contributed by atoms with E-state index in [9.17, 15) is 5.21 Å². The third kappa shape index (κ3) is 5.72. The van der Waals surface area contributed by atoms with Gasteiger partial charge >= 0.3 is 0 Å². The molecule has 2 aromatic carbocycles. The Morgan fingerprint density at radius 3 is 2.42 bits per heavy atom. The number of benzene rings is 2. The van der Waals surface area contributed by atoms with Gasteiger partial charge in [0.05, 0.1) is 6.54 Å². The summed E-state index contributed by atoms with van der Waals surface area (Å²) in [5, 5.41) is 26.5. The number of unbranched alkanes of at least 4 members (excludes halogenated alkanes) is 1. The number of nitrogens with zero attached hydrogens (tertiary/aromatic N) is 7. The first-order valence-corrected chi connectivity index (χ1v) is 14.2. The number of fused-ring (bicyclic) bond motifs is 1. The zero-order valence-corrected chi connectivity index (χ0v) is 24.3. The number of tetrazole rings is 1. The molecule has 11 nitrogen and oxygen atoms in total. The zero-order chi connectivity index (χ0) is 29.8. The minimum absolute atomic E-state index is 0.584. The third-order valence-corrected chi connectivity index (χ3v) is 7.45. The van der Waals surface area contributed by atoms with Gasteiger partial charge in [-0.3, -0.25) is 0 Å². The largest absolute Gasteiger partial charge is 0.619 e. The first-order valence-electron chi connectivity index (χ1n) is 14.2. The van der Waals surface area contributed by atoms with Gasteiger partial charge in [0.2, 0.25) is 6.29 Å². The highest BCUT2D eigenvalue weighted by molar-refractivity contribution is 5.81. The van der Waals surface area contributed by atoms with Crippen LogP contribution < -0.4 is 4.73 Å². The van der Waals surface area contributed by atoms with Crippen molar-refractivity contribution >= 4 is 11.2 Å². The van der Waals surface area contributed by atoms with Gasteiger partial charge < -0.3 is 19.2 Å². The van der Waals surface area contributed by atoms with Crippen molar-refractivity contribution in [2.45, 2.75) is 39.0 Å². The molecule has 0 aliphatic rings. The predicted molar refractivity (Wildman–Crippen MR) is 161 cm³/mol. The molecule has 0 atom stereocenters. The predicted octanol–water partition coefficient (Wildman–Crippen LogP) is 5.26. The van der Waals surface area contributed by atoms with Gasteiger partial charge in [0.25, 0.3) is 0 Å². The van der Waals surface area contributed by atoms with Crippen molar-refractivity contribution in [1.82, 2.24) is 35.2 Å². The number of ether oxygens (including phenoxy) is 2. The lowest BCUT2D eigenvalue weighted by molar-refractivity contribution is -0.604. The van der Waals surface area contributed by atoms with Gasteiger partial charge in [-0.15, -0.1) is 5.10 Å². The number of hydrogen-bond acceptors (Lipinski definition) is 8. The molecule has 0 bridgehead atoms. The SMILES string of the molecule is CCCCc1nc2cc(-c3ccc[n+]([O-])c3)c(C(OC)OC)nc2n1Cc1ccc(-c2ccccc2-c2nnn[nH]2)cc1. The van der Waals surface area contributed by atoms with E-state index in [2.05, 4.69) is 62.4 Å². The molecule has 6 rings (SSSR count). The summed E-state index contributed by atoms with van der Waals surface area (Å²) in [6, 6.07) is 22.1. The lowest BCUT2D eigenvalue weighted by atomic mass is 9.98. The quantitative estimate of drug-likeness (QED) is 0.126. The smallest absolute Gasteiger partial charge is 0.201 e. The van der Waals surface area contributed by atoms with Gasteiger partial charge in [-0.2, -0.15) is 4.73 Å². The fraction of sp³-hybridized carbons (Fsp3) is 0.250. The van der Waals surface area contributed by atoms with Crippen LogP contribution in [0.5, 0.6) is 0 Å². The van der Waals surface area contributed by atoms with Crippen molar-refractivity contribution in [1.29, 1.82) is 0 Å². The van der Waals surface area contributed by atoms with Crippen molar-refractivity contribution in [2.24, 2.45) is 0 Å². The molecule has 0 saturated carbocycles. The molecule has 0 spiro atoms. The monoisotopic (exact) mass is 576 g/mol. The van der Waals surface area contributed by atoms with Crippen LogP contribution in [0.1, 0.15) is 43.1 Å². The average molecular weight is 577 g/mol. The summed E-state index contributed by atoms with van der Waals surface area (Å²) < 4.78 is 14.2. The molecule has 218 valence electrons. The topological polar surface area (TPSA) is 131 Å². The van der Waals surface area contributed by atoms with E-state index in [1.54, 1.807) is 20.3 Å². The molecule has 0 aliphatic heterocycles. The van der Waals surface area contributed by atoms with Crippen molar-refractivity contribution in [3.8, 4) is 33.6 Å². The Morgan fingerprint density at radius 2 is 1.72 bits per heavy atom. The van der Waals surface area contributed by atoms with Gasteiger partial charge in [0, 0.05) is 43.4 Å². The molecule has 11 heteroatoms. The normalized spacial score (nSPS) is 11.5. The Kier molecular flexibility index (Phi) is 8.16. The average Bonchev–Trinajstić information content (AvgIpc) is 3.69. The van der Waals surface area contributed by atoms with E-state index in [-0.39, 0.29) is 0 Å². The lowest BCUT2D eigenvalue weighted by Gasteiger charge is -2.17. The van der Waals surface area contributed by atoms with E-state index in [0.29, 0.717) is 23.6 Å². The van der Waals surface area contributed by atoms with Crippen molar-refractivity contribution < 1.29 is 14.2 Å². The highest BCUT2D eigenvalue weighted by Crippen LogP contribution is 2.33. The zero-order valence-electron chi connectivity index (χ0n) is 24.3. The Labute approximate surface area is 248 Å². The molecule has 6 aromatic rings. The van der Waals surface area contributed by atoms with Gasteiger partial charge in [-0.1, -0.05) is 61.9 Å². The fourth-order valence-electron chi connectivity index (χ4n) is 5.33. The molecule has 0 unspecified atom stereocenters. The maximum absolute atomic E-state index is 12.1. The lowest BCUT2D eigenvalue weighted by Crippen LogP contribution is -2.24. The van der Waals surface area contributed by atoms with Gasteiger partial charge in [-0.25, -0.2) is 15.1 Å². The molecule has 0 radical (unpaired) electrons. The molecule has 0 saturated heterocycles. The molecule has 43 heavy (non-hydrogen) atoms. The molecular weight excluding hydrogens is 544 g/mol. The number of methoxy groups -OCH3 is 2. The van der Waals surface area contributed by atoms with Gasteiger partial charge in [0.15, 0.2) is 23.9 Å². The Balaban J connectivity index is 1.41. The summed E-state index contributed by atoms with van der Waals surface area (Å²) in [6.45, 7) is 2.76. The van der Waals surface area contributed by atoms with Gasteiger partial charge in [-0.05, 0) is 45.7 Å². The van der Waals surface area contributed by atoms with E-state index in [0.717, 1.165) is 68.8 Å². The van der Waals surface area contributed by atoms with E-state index in [1.807, 2.05) is 30.3 Å². The van der Waals surface area contributed by atoms with E-state index >= 15 is 0 Å². The summed E-state index contributed by atoms with van der Waals surface area (Å²) in [7, 11) is 3.15. The molecule has 1 N–H and O–H groups in total. The minimum Gasteiger partial charge on any atom is -0.619 e. The van der Waals surface area contributed by atoms with Crippen LogP contribution in [-0.4, -0.2) is 49.4 Å². The number of imidazole rings is 1. The maximum atomic E-state index is 12.1. The fourth-order valence-corrected chi connectivity index (χ4v) is 5.33. The summed E-state index contributed by atoms with van der Waals surface area (Å²) in [5.41, 5.74) is 7.66. The van der Waals surface area contributed by atoms with Crippen LogP contribution >= 0.6 is 0 Å². The number of H-pyrrole nitrogens is 1. The number of aryl methyl sites for hydroxylation is 1. The van der Waals surface area contributed by atoms with Crippen LogP contribution in [0.2, 0.25) is 0 Å². The van der Waals surface area contributed by atoms with Crippen molar-refractivity contribution in [3.63, 3.8) is 0 Å². The summed E-state index contributed by atoms with van der Waals surface area (Å²) >= 11 is 0. The second-order valence-electron chi connectivity index (χ2n) is 10.2. The number of aromatic nitrogens is 8. The second-order valence-corrected chi connectivity index (χ2v) is 10.2. The minimum atomic E-state index is -0.721. The van der Waals surface area contributed by atoms with Crippen LogP contribution in [0.4, 0.5) is 0 Å². The van der Waals surface area contributed by atoms with Crippen LogP contribution in [0, 0.1) is 5.21 Å². The Bertz CT molecular complexity index is 1830. The highest BCUT2D eigenvalue weighted by atomic mass is 16.7. The first kappa shape index (κ1) is 28.1. The van der Waals surface area contributed by atoms with Crippen LogP contribution in [0.25, 0.3) is 44.8 Å². The van der Waals surface area contributed by atoms with E-state index < -0.39 is 6.29 Å². The standard InChI is InChI=1S/C32H32N8O3/c1-4-5-12-28-33-27-18-26(23-9-8-17-39(41)20-23)29(32(42-2)43-3)34-31(27)40(28)19-21-13-15-22(16-14-21)24-10-6-7-11-25(24)30-35-37-38-36-30/h6-11,13-18,20,32H,4-5,12,19H2,1-3H3,(H,35,36,37,38). The van der Waals surface area contributed by atoms with Crippen LogP contribution in [-0.2, 0) is 22.4 Å². The first-order chi connectivity index (χ1) is 21.1. The Hall–Kier alpha value is -5.00. The Morgan fingerprint density at radius 1 is 0.930 bits per heavy atom. The third-order valence-electron chi connectivity index (χ3n) is 7.45. The summed E-state index contributed by atoms with van der Waals surface area (Å²) in [5.74, 6) is 1.58. The van der Waals surface area contributed by atoms with Crippen LogP contribution in [0.15, 0.2) is 79.1 Å². The number of hydrogen-bond donors (Lipinski definition) is 1. The molecule has 4 heterocycles. The number of rotatable bonds is 11. The maximum Gasteiger partial charge on any atom is 0.201 e. The number of aromatic amines is 1. The number of pyridine rings is 2. The van der Waals surface area contributed by atoms with Crippen molar-refractivity contribution in [3.05, 3.63) is 101 Å². The number of nitrogens with one attached hydrogen (secondary N) is 1.